The maximum Gasteiger partial charge on any atom is 0.269 e. The van der Waals surface area contributed by atoms with Crippen LogP contribution in [0, 0.1) is 6.92 Å². The van der Waals surface area contributed by atoms with Crippen LogP contribution in [0.5, 0.6) is 0 Å². The Balaban J connectivity index is 1.33. The first-order valence-corrected chi connectivity index (χ1v) is 14.1. The first-order valence-electron chi connectivity index (χ1n) is 13.3. The van der Waals surface area contributed by atoms with Crippen molar-refractivity contribution in [1.29, 1.82) is 0 Å². The summed E-state index contributed by atoms with van der Waals surface area (Å²) in [5.74, 6) is -0.487. The normalized spacial score (nSPS) is 19.4. The Bertz CT molecular complexity index is 1330. The summed E-state index contributed by atoms with van der Waals surface area (Å²) in [5, 5.41) is 10.1. The van der Waals surface area contributed by atoms with Gasteiger partial charge < -0.3 is 26.2 Å². The van der Waals surface area contributed by atoms with Crippen molar-refractivity contribution >= 4 is 40.6 Å². The number of nitrogens with one attached hydrogen (secondary N) is 2. The third-order valence-corrected chi connectivity index (χ3v) is 8.23. The highest BCUT2D eigenvalue weighted by molar-refractivity contribution is 7.08. The maximum atomic E-state index is 13.1. The summed E-state index contributed by atoms with van der Waals surface area (Å²) in [5.41, 5.74) is 9.04. The van der Waals surface area contributed by atoms with Crippen molar-refractivity contribution in [1.82, 2.24) is 19.8 Å². The second kappa shape index (κ2) is 11.9. The van der Waals surface area contributed by atoms with E-state index >= 15 is 0 Å². The number of carbonyl (C=O) groups is 3. The average molecular weight is 548 g/mol. The van der Waals surface area contributed by atoms with E-state index in [1.54, 1.807) is 19.1 Å². The fraction of sp³-hybridized carbons (Fsp3) is 0.393. The van der Waals surface area contributed by atoms with Crippen LogP contribution in [0.2, 0.25) is 0 Å². The molecule has 204 valence electrons. The molecule has 1 aromatic heterocycles. The number of nitrogens with two attached hydrogens (primary N) is 1. The van der Waals surface area contributed by atoms with E-state index in [1.807, 2.05) is 41.3 Å². The van der Waals surface area contributed by atoms with Crippen LogP contribution in [0.4, 0.5) is 11.4 Å². The molecule has 4 N–H and O–H groups in total. The van der Waals surface area contributed by atoms with Crippen LogP contribution in [-0.4, -0.2) is 70.5 Å². The van der Waals surface area contributed by atoms with E-state index in [0.29, 0.717) is 53.6 Å². The van der Waals surface area contributed by atoms with Gasteiger partial charge in [-0.1, -0.05) is 22.7 Å². The summed E-state index contributed by atoms with van der Waals surface area (Å²) in [7, 11) is 0. The Morgan fingerprint density at radius 3 is 2.31 bits per heavy atom. The Labute approximate surface area is 231 Å². The van der Waals surface area contributed by atoms with Crippen molar-refractivity contribution in [2.45, 2.75) is 44.7 Å². The number of aromatic nitrogens is 2. The van der Waals surface area contributed by atoms with Crippen LogP contribution >= 0.6 is 11.5 Å². The number of amides is 3. The van der Waals surface area contributed by atoms with E-state index in [4.69, 9.17) is 5.73 Å². The van der Waals surface area contributed by atoms with Gasteiger partial charge in [-0.15, -0.1) is 5.10 Å². The first-order chi connectivity index (χ1) is 18.9. The van der Waals surface area contributed by atoms with Crippen molar-refractivity contribution in [3.05, 3.63) is 70.2 Å². The Morgan fingerprint density at radius 1 is 0.923 bits per heavy atom. The van der Waals surface area contributed by atoms with Crippen LogP contribution in [0.1, 0.15) is 61.8 Å². The van der Waals surface area contributed by atoms with E-state index in [9.17, 15) is 14.4 Å². The summed E-state index contributed by atoms with van der Waals surface area (Å²) < 4.78 is 3.87. The van der Waals surface area contributed by atoms with Crippen LogP contribution in [-0.2, 0) is 0 Å². The van der Waals surface area contributed by atoms with E-state index in [0.717, 1.165) is 42.9 Å². The molecule has 2 heterocycles. The smallest absolute Gasteiger partial charge is 0.269 e. The van der Waals surface area contributed by atoms with E-state index in [2.05, 4.69) is 25.1 Å². The summed E-state index contributed by atoms with van der Waals surface area (Å²) in [6.45, 7) is 4.02. The minimum absolute atomic E-state index is 0.00707. The van der Waals surface area contributed by atoms with E-state index in [-0.39, 0.29) is 29.8 Å². The molecule has 3 aromatic rings. The SMILES string of the molecule is Cc1nnsc1C(=O)Nc1cc(C(=O)NC2CCC(N)CC2)ccc1N1CCN(C(=O)c2ccccc2)CC1. The van der Waals surface area contributed by atoms with Gasteiger partial charge in [0.05, 0.1) is 17.1 Å². The molecule has 39 heavy (non-hydrogen) atoms. The largest absolute Gasteiger partial charge is 0.366 e. The van der Waals surface area contributed by atoms with Gasteiger partial charge in [-0.25, -0.2) is 0 Å². The van der Waals surface area contributed by atoms with Gasteiger partial charge in [0.15, 0.2) is 0 Å². The highest BCUT2D eigenvalue weighted by atomic mass is 32.1. The summed E-state index contributed by atoms with van der Waals surface area (Å²) in [6.07, 6.45) is 3.51. The van der Waals surface area contributed by atoms with Crippen molar-refractivity contribution < 1.29 is 14.4 Å². The molecular formula is C28H33N7O3S. The molecule has 2 fully saturated rings. The minimum atomic E-state index is -0.319. The Hall–Kier alpha value is -3.83. The number of rotatable bonds is 6. The molecule has 1 aliphatic carbocycles. The van der Waals surface area contributed by atoms with Crippen LogP contribution < -0.4 is 21.3 Å². The van der Waals surface area contributed by atoms with Crippen LogP contribution in [0.3, 0.4) is 0 Å². The molecule has 1 saturated heterocycles. The molecule has 1 saturated carbocycles. The number of piperazine rings is 1. The van der Waals surface area contributed by atoms with Gasteiger partial charge in [-0.3, -0.25) is 14.4 Å². The summed E-state index contributed by atoms with van der Waals surface area (Å²) in [4.78, 5) is 43.5. The molecule has 2 aliphatic rings. The minimum Gasteiger partial charge on any atom is -0.366 e. The molecule has 0 radical (unpaired) electrons. The van der Waals surface area contributed by atoms with Crippen LogP contribution in [0.25, 0.3) is 0 Å². The Morgan fingerprint density at radius 2 is 1.64 bits per heavy atom. The monoisotopic (exact) mass is 547 g/mol. The lowest BCUT2D eigenvalue weighted by atomic mass is 9.91. The molecule has 3 amide bonds. The van der Waals surface area contributed by atoms with E-state index in [1.165, 1.54) is 0 Å². The fourth-order valence-corrected chi connectivity index (χ4v) is 5.67. The molecule has 5 rings (SSSR count). The zero-order valence-corrected chi connectivity index (χ0v) is 22.7. The van der Waals surface area contributed by atoms with Gasteiger partial charge in [-0.2, -0.15) is 0 Å². The standard InChI is InChI=1S/C28H33N7O3S/c1-18-25(39-33-32-18)27(37)31-23-17-20(26(36)30-22-10-8-21(29)9-11-22)7-12-24(23)34-13-15-35(16-14-34)28(38)19-5-3-2-4-6-19/h2-7,12,17,21-22H,8-11,13-16,29H2,1H3,(H,30,36)(H,31,37). The molecule has 2 aromatic carbocycles. The molecular weight excluding hydrogens is 514 g/mol. The summed E-state index contributed by atoms with van der Waals surface area (Å²) >= 11 is 1.03. The van der Waals surface area contributed by atoms with Gasteiger partial charge >= 0.3 is 0 Å². The number of carbonyl (C=O) groups excluding carboxylic acids is 3. The van der Waals surface area contributed by atoms with Gasteiger partial charge in [0, 0.05) is 49.4 Å². The Kier molecular flexibility index (Phi) is 8.18. The van der Waals surface area contributed by atoms with Crippen molar-refractivity contribution in [3.8, 4) is 0 Å². The zero-order chi connectivity index (χ0) is 27.4. The lowest BCUT2D eigenvalue weighted by Crippen LogP contribution is -2.49. The molecule has 0 bridgehead atoms. The average Bonchev–Trinajstić information content (AvgIpc) is 3.40. The van der Waals surface area contributed by atoms with Crippen molar-refractivity contribution in [2.24, 2.45) is 5.73 Å². The second-order valence-corrected chi connectivity index (χ2v) is 10.9. The van der Waals surface area contributed by atoms with Gasteiger partial charge in [0.25, 0.3) is 17.7 Å². The summed E-state index contributed by atoms with van der Waals surface area (Å²) in [6, 6.07) is 14.9. The third kappa shape index (κ3) is 6.26. The molecule has 0 unspecified atom stereocenters. The van der Waals surface area contributed by atoms with Crippen molar-refractivity contribution in [3.63, 3.8) is 0 Å². The number of benzene rings is 2. The van der Waals surface area contributed by atoms with Gasteiger partial charge in [0.1, 0.15) is 4.88 Å². The van der Waals surface area contributed by atoms with E-state index < -0.39 is 0 Å². The molecule has 11 heteroatoms. The highest BCUT2D eigenvalue weighted by Crippen LogP contribution is 2.30. The number of anilines is 2. The van der Waals surface area contributed by atoms with Crippen LogP contribution in [0.15, 0.2) is 48.5 Å². The molecule has 1 aliphatic heterocycles. The molecule has 0 spiro atoms. The number of hydrogen-bond donors (Lipinski definition) is 3. The lowest BCUT2D eigenvalue weighted by Gasteiger charge is -2.37. The number of nitrogens with zero attached hydrogens (tertiary/aromatic N) is 4. The third-order valence-electron chi connectivity index (χ3n) is 7.40. The highest BCUT2D eigenvalue weighted by Gasteiger charge is 2.26. The molecule has 0 atom stereocenters. The van der Waals surface area contributed by atoms with Gasteiger partial charge in [0.2, 0.25) is 0 Å². The zero-order valence-electron chi connectivity index (χ0n) is 21.9. The molecule has 10 nitrogen and oxygen atoms in total. The first kappa shape index (κ1) is 26.8. The maximum absolute atomic E-state index is 13.1. The number of aryl methyl sites for hydroxylation is 1. The lowest BCUT2D eigenvalue weighted by molar-refractivity contribution is 0.0746. The topological polar surface area (TPSA) is 134 Å². The predicted octanol–water partition coefficient (Wildman–Crippen LogP) is 3.06. The second-order valence-electron chi connectivity index (χ2n) is 10.1. The predicted molar refractivity (Wildman–Crippen MR) is 151 cm³/mol. The fourth-order valence-electron chi connectivity index (χ4n) is 5.12. The van der Waals surface area contributed by atoms with Gasteiger partial charge in [-0.05, 0) is 74.5 Å². The number of hydrogen-bond acceptors (Lipinski definition) is 8. The quantitative estimate of drug-likeness (QED) is 0.432. The van der Waals surface area contributed by atoms with Crippen molar-refractivity contribution in [2.75, 3.05) is 36.4 Å².